The van der Waals surface area contributed by atoms with Gasteiger partial charge in [0.1, 0.15) is 0 Å². The Labute approximate surface area is 132 Å². The first-order chi connectivity index (χ1) is 10.3. The Kier molecular flexibility index (Phi) is 7.05. The minimum atomic E-state index is -0.384. The molecule has 0 aliphatic heterocycles. The molecule has 5 heteroatoms. The van der Waals surface area contributed by atoms with Gasteiger partial charge in [-0.3, -0.25) is 14.8 Å². The van der Waals surface area contributed by atoms with E-state index in [1.54, 1.807) is 5.48 Å². The molecule has 0 fully saturated rings. The summed E-state index contributed by atoms with van der Waals surface area (Å²) in [5, 5.41) is 8.47. The lowest BCUT2D eigenvalue weighted by atomic mass is 9.88. The van der Waals surface area contributed by atoms with Gasteiger partial charge in [-0.1, -0.05) is 13.8 Å². The van der Waals surface area contributed by atoms with Gasteiger partial charge >= 0.3 is 0 Å². The van der Waals surface area contributed by atoms with Crippen LogP contribution in [0, 0.1) is 11.8 Å². The normalized spacial score (nSPS) is 13.3. The van der Waals surface area contributed by atoms with Gasteiger partial charge < -0.3 is 4.90 Å². The van der Waals surface area contributed by atoms with Crippen LogP contribution in [0.3, 0.4) is 0 Å². The van der Waals surface area contributed by atoms with Crippen molar-refractivity contribution < 1.29 is 14.8 Å². The molecule has 1 aromatic rings. The third-order valence-electron chi connectivity index (χ3n) is 3.86. The molecule has 122 valence electrons. The van der Waals surface area contributed by atoms with Gasteiger partial charge in [-0.25, -0.2) is 5.48 Å². The van der Waals surface area contributed by atoms with E-state index in [1.807, 2.05) is 57.1 Å². The number of nitrogens with one attached hydrogen (secondary N) is 1. The molecule has 1 rings (SSSR count). The molecular formula is C17H26N2O3. The van der Waals surface area contributed by atoms with Crippen LogP contribution in [-0.2, 0) is 4.79 Å². The highest BCUT2D eigenvalue weighted by Gasteiger charge is 2.18. The van der Waals surface area contributed by atoms with E-state index in [1.165, 1.54) is 0 Å². The van der Waals surface area contributed by atoms with Crippen molar-refractivity contribution in [3.8, 4) is 0 Å². The van der Waals surface area contributed by atoms with Crippen LogP contribution in [0.4, 0.5) is 5.69 Å². The zero-order chi connectivity index (χ0) is 16.7. The summed E-state index contributed by atoms with van der Waals surface area (Å²) in [4.78, 5) is 25.4. The summed E-state index contributed by atoms with van der Waals surface area (Å²) in [7, 11) is 3.92. The minimum Gasteiger partial charge on any atom is -0.378 e. The van der Waals surface area contributed by atoms with Crippen molar-refractivity contribution in [2.75, 3.05) is 19.0 Å². The fourth-order valence-corrected chi connectivity index (χ4v) is 2.47. The average molecular weight is 306 g/mol. The summed E-state index contributed by atoms with van der Waals surface area (Å²) >= 11 is 0. The van der Waals surface area contributed by atoms with E-state index in [2.05, 4.69) is 0 Å². The topological polar surface area (TPSA) is 69.6 Å². The van der Waals surface area contributed by atoms with Crippen LogP contribution >= 0.6 is 0 Å². The molecule has 5 nitrogen and oxygen atoms in total. The number of amides is 1. The molecule has 2 unspecified atom stereocenters. The molecule has 0 heterocycles. The van der Waals surface area contributed by atoms with Crippen LogP contribution in [0.5, 0.6) is 0 Å². The molecule has 0 spiro atoms. The number of Topliss-reactive ketones (excluding diaryl/α,β-unsaturated/α-hetero) is 1. The number of nitrogens with zero attached hydrogens (tertiary/aromatic N) is 1. The molecule has 2 N–H and O–H groups in total. The number of hydrogen-bond acceptors (Lipinski definition) is 4. The number of anilines is 1. The third-order valence-corrected chi connectivity index (χ3v) is 3.86. The van der Waals surface area contributed by atoms with Gasteiger partial charge in [0.25, 0.3) is 0 Å². The van der Waals surface area contributed by atoms with Gasteiger partial charge in [0.15, 0.2) is 5.78 Å². The monoisotopic (exact) mass is 306 g/mol. The maximum absolute atomic E-state index is 12.4. The van der Waals surface area contributed by atoms with Gasteiger partial charge in [0, 0.05) is 37.7 Å². The van der Waals surface area contributed by atoms with E-state index in [4.69, 9.17) is 5.21 Å². The zero-order valence-corrected chi connectivity index (χ0v) is 13.8. The van der Waals surface area contributed by atoms with Crippen LogP contribution in [0.2, 0.25) is 0 Å². The molecule has 0 bridgehead atoms. The number of rotatable bonds is 8. The van der Waals surface area contributed by atoms with Crippen LogP contribution < -0.4 is 10.4 Å². The predicted molar refractivity (Wildman–Crippen MR) is 87.2 cm³/mol. The van der Waals surface area contributed by atoms with E-state index in [-0.39, 0.29) is 29.9 Å². The van der Waals surface area contributed by atoms with Crippen molar-refractivity contribution in [1.29, 1.82) is 0 Å². The van der Waals surface area contributed by atoms with Crippen molar-refractivity contribution in [2.45, 2.75) is 33.1 Å². The van der Waals surface area contributed by atoms with Gasteiger partial charge in [-0.2, -0.15) is 0 Å². The first kappa shape index (κ1) is 18.2. The highest BCUT2D eigenvalue weighted by molar-refractivity contribution is 5.97. The number of hydrogen-bond donors (Lipinski definition) is 2. The summed E-state index contributed by atoms with van der Waals surface area (Å²) in [6, 6.07) is 7.60. The van der Waals surface area contributed by atoms with Crippen molar-refractivity contribution >= 4 is 17.4 Å². The summed E-state index contributed by atoms with van der Waals surface area (Å²) < 4.78 is 0. The molecule has 0 aliphatic rings. The SMILES string of the molecule is CC(CCC(=O)NO)CC(C)C(=O)c1ccc(N(C)C)cc1. The molecule has 0 aliphatic carbocycles. The third kappa shape index (κ3) is 5.48. The van der Waals surface area contributed by atoms with Crippen LogP contribution in [0.15, 0.2) is 24.3 Å². The molecule has 0 saturated carbocycles. The molecule has 0 saturated heterocycles. The highest BCUT2D eigenvalue weighted by Crippen LogP contribution is 2.21. The number of hydroxylamine groups is 1. The number of carbonyl (C=O) groups excluding carboxylic acids is 2. The lowest BCUT2D eigenvalue weighted by Gasteiger charge is -2.17. The molecule has 1 amide bonds. The van der Waals surface area contributed by atoms with E-state index in [0.29, 0.717) is 6.42 Å². The summed E-state index contributed by atoms with van der Waals surface area (Å²) in [6.07, 6.45) is 1.66. The van der Waals surface area contributed by atoms with E-state index < -0.39 is 0 Å². The van der Waals surface area contributed by atoms with E-state index >= 15 is 0 Å². The summed E-state index contributed by atoms with van der Waals surface area (Å²) in [6.45, 7) is 3.94. The Hall–Kier alpha value is -1.88. The lowest BCUT2D eigenvalue weighted by Crippen LogP contribution is -2.20. The lowest BCUT2D eigenvalue weighted by molar-refractivity contribution is -0.129. The van der Waals surface area contributed by atoms with Crippen LogP contribution in [0.1, 0.15) is 43.5 Å². The van der Waals surface area contributed by atoms with Crippen molar-refractivity contribution in [3.63, 3.8) is 0 Å². The fourth-order valence-electron chi connectivity index (χ4n) is 2.47. The Morgan fingerprint density at radius 2 is 1.77 bits per heavy atom. The van der Waals surface area contributed by atoms with Gasteiger partial charge in [-0.05, 0) is 43.0 Å². The molecule has 0 radical (unpaired) electrons. The Balaban J connectivity index is 2.55. The summed E-state index contributed by atoms with van der Waals surface area (Å²) in [5.41, 5.74) is 3.41. The van der Waals surface area contributed by atoms with Gasteiger partial charge in [0.05, 0.1) is 0 Å². The zero-order valence-electron chi connectivity index (χ0n) is 13.8. The Morgan fingerprint density at radius 1 is 1.18 bits per heavy atom. The average Bonchev–Trinajstić information content (AvgIpc) is 2.51. The second kappa shape index (κ2) is 8.54. The second-order valence-electron chi connectivity index (χ2n) is 6.12. The quantitative estimate of drug-likeness (QED) is 0.440. The number of carbonyl (C=O) groups is 2. The van der Waals surface area contributed by atoms with Gasteiger partial charge in [-0.15, -0.1) is 0 Å². The molecule has 22 heavy (non-hydrogen) atoms. The first-order valence-corrected chi connectivity index (χ1v) is 7.59. The summed E-state index contributed by atoms with van der Waals surface area (Å²) in [5.74, 6) is -0.0939. The van der Waals surface area contributed by atoms with Gasteiger partial charge in [0.2, 0.25) is 5.91 Å². The predicted octanol–water partition coefficient (Wildman–Crippen LogP) is 2.88. The highest BCUT2D eigenvalue weighted by atomic mass is 16.5. The maximum atomic E-state index is 12.4. The van der Waals surface area contributed by atoms with Crippen molar-refractivity contribution in [1.82, 2.24) is 5.48 Å². The fraction of sp³-hybridized carbons (Fsp3) is 0.529. The Morgan fingerprint density at radius 3 is 2.27 bits per heavy atom. The Bertz CT molecular complexity index is 497. The maximum Gasteiger partial charge on any atom is 0.243 e. The molecule has 0 aromatic heterocycles. The molecule has 1 aromatic carbocycles. The second-order valence-corrected chi connectivity index (χ2v) is 6.12. The number of ketones is 1. The minimum absolute atomic E-state index is 0.0857. The van der Waals surface area contributed by atoms with E-state index in [0.717, 1.165) is 17.7 Å². The number of benzene rings is 1. The van der Waals surface area contributed by atoms with Crippen LogP contribution in [0.25, 0.3) is 0 Å². The largest absolute Gasteiger partial charge is 0.378 e. The van der Waals surface area contributed by atoms with Crippen molar-refractivity contribution in [2.24, 2.45) is 11.8 Å². The van der Waals surface area contributed by atoms with Crippen molar-refractivity contribution in [3.05, 3.63) is 29.8 Å². The molecular weight excluding hydrogens is 280 g/mol. The van der Waals surface area contributed by atoms with E-state index in [9.17, 15) is 9.59 Å². The van der Waals surface area contributed by atoms with Crippen LogP contribution in [-0.4, -0.2) is 31.0 Å². The molecule has 2 atom stereocenters. The smallest absolute Gasteiger partial charge is 0.243 e. The standard InChI is InChI=1S/C17H26N2O3/c1-12(5-10-16(20)18-22)11-13(2)17(21)14-6-8-15(9-7-14)19(3)4/h6-9,12-13,22H,5,10-11H2,1-4H3,(H,18,20). The first-order valence-electron chi connectivity index (χ1n) is 7.59.